The van der Waals surface area contributed by atoms with Gasteiger partial charge in [-0.2, -0.15) is 0 Å². The molecule has 5 aromatic rings. The van der Waals surface area contributed by atoms with Crippen molar-refractivity contribution in [3.05, 3.63) is 105 Å². The Balaban J connectivity index is 0.652. The molecule has 4 N–H and O–H groups in total. The predicted molar refractivity (Wildman–Crippen MR) is 366 cm³/mol. The number of aryl methyl sites for hydroxylation is 1. The van der Waals surface area contributed by atoms with Crippen LogP contribution in [0.15, 0.2) is 70.9 Å². The maximum atomic E-state index is 14.1. The molecule has 0 radical (unpaired) electrons. The number of ketones is 3. The van der Waals surface area contributed by atoms with Gasteiger partial charge in [-0.05, 0) is 105 Å². The number of hydrogen-bond acceptors (Lipinski definition) is 25. The zero-order valence-corrected chi connectivity index (χ0v) is 57.9. The van der Waals surface area contributed by atoms with Gasteiger partial charge in [0.05, 0.1) is 127 Å². The zero-order valence-electron chi connectivity index (χ0n) is 57.1. The molecule has 2 aromatic carbocycles. The molecule has 2 aliphatic heterocycles. The zero-order chi connectivity index (χ0) is 70.5. The Morgan fingerprint density at radius 3 is 1.88 bits per heavy atom. The van der Waals surface area contributed by atoms with Gasteiger partial charge in [-0.25, -0.2) is 24.5 Å². The van der Waals surface area contributed by atoms with E-state index in [0.717, 1.165) is 28.5 Å². The third kappa shape index (κ3) is 25.8. The number of fused-ring (bicyclic) bond motifs is 5. The van der Waals surface area contributed by atoms with Crippen molar-refractivity contribution < 1.29 is 90.7 Å². The average molecular weight is 1400 g/mol. The van der Waals surface area contributed by atoms with Crippen LogP contribution in [0, 0.1) is 17.8 Å². The van der Waals surface area contributed by atoms with E-state index < -0.39 is 29.2 Å². The van der Waals surface area contributed by atoms with E-state index >= 15 is 0 Å². The summed E-state index contributed by atoms with van der Waals surface area (Å²) in [7, 11) is 0. The van der Waals surface area contributed by atoms with Crippen LogP contribution in [0.4, 0.5) is 10.5 Å². The fourth-order valence-corrected chi connectivity index (χ4v) is 11.3. The Bertz CT molecular complexity index is 3530. The van der Waals surface area contributed by atoms with Crippen LogP contribution in [0.25, 0.3) is 22.3 Å². The van der Waals surface area contributed by atoms with Gasteiger partial charge in [0.1, 0.15) is 38.0 Å². The van der Waals surface area contributed by atoms with Crippen LogP contribution in [-0.2, 0) is 113 Å². The molecule has 0 saturated carbocycles. The number of hydrogen-bond donors (Lipinski definition) is 3. The van der Waals surface area contributed by atoms with Crippen LogP contribution < -0.4 is 16.6 Å². The standard InChI is InChI=1S/C72H94N6O20S/c1-4-59-60-42-56(80)22-23-64(60)77-66-61(59)46-78-65(66)43-63-62(68(78)84)50-96-69(85)72(63,5-2)98-71(86)97-47-51-18-20-54(21-19-51)76-67(83)53(14-9-10-24-73)41-58(82)49-95-48-57(81)17-12-26-88-28-30-90-32-34-92-36-38-94-40-39-93-37-35-91-33-31-89-29-27-87-25-11-16-55(79)15-8-6-7-13-52-44-74-70(99-3)75-45-52/h18-23,42-45,53,80H,4-6,8-12,14-17,24-41,46-50,73H2,1-3H3,(H,76,83)/t53-,72+/m1/s1. The highest BCUT2D eigenvalue weighted by Crippen LogP contribution is 2.43. The Morgan fingerprint density at radius 1 is 0.707 bits per heavy atom. The van der Waals surface area contributed by atoms with E-state index in [4.69, 9.17) is 67.6 Å². The predicted octanol–water partition coefficient (Wildman–Crippen LogP) is 7.93. The number of anilines is 1. The summed E-state index contributed by atoms with van der Waals surface area (Å²) in [6.07, 6.45) is 10.0. The van der Waals surface area contributed by atoms with E-state index in [1.54, 1.807) is 72.4 Å². The molecule has 538 valence electrons. The van der Waals surface area contributed by atoms with Gasteiger partial charge < -0.3 is 77.6 Å². The molecule has 7 rings (SSSR count). The molecule has 0 aliphatic carbocycles. The number of ether oxygens (including phenoxy) is 12. The van der Waals surface area contributed by atoms with Crippen LogP contribution in [0.1, 0.15) is 124 Å². The van der Waals surface area contributed by atoms with E-state index in [0.29, 0.717) is 203 Å². The lowest BCUT2D eigenvalue weighted by molar-refractivity contribution is -0.175. The fraction of sp³-hybridized carbons (Fsp3) is 0.556. The number of amides is 1. The molecule has 99 heavy (non-hydrogen) atoms. The van der Waals surface area contributed by atoms with Gasteiger partial charge >= 0.3 is 12.1 Å². The molecule has 5 heterocycles. The highest BCUT2D eigenvalue weighted by Gasteiger charge is 2.51. The monoisotopic (exact) mass is 1390 g/mol. The number of nitrogens with one attached hydrogen (secondary N) is 1. The van der Waals surface area contributed by atoms with Crippen molar-refractivity contribution in [2.24, 2.45) is 11.7 Å². The third-order valence-electron chi connectivity index (χ3n) is 16.2. The van der Waals surface area contributed by atoms with E-state index in [9.17, 15) is 38.7 Å². The molecule has 0 bridgehead atoms. The van der Waals surface area contributed by atoms with E-state index in [1.807, 2.05) is 13.2 Å². The van der Waals surface area contributed by atoms with Crippen molar-refractivity contribution in [3.8, 4) is 29.0 Å². The number of cyclic esters (lactones) is 1. The Morgan fingerprint density at radius 2 is 1.29 bits per heavy atom. The SMILES string of the molecule is CCc1c2c(nc3ccc(O)cc13)-c1cc3c(c(=O)n1C2)COC(=O)[C@@]3(CC)OC(=O)OCc1ccc(NC(=O)[C@H](CCCCN)CC(=O)COCC(=O)CCCOCCOCCOCCOCCOCCOCCOCCOCCCC(=O)CCCC#Cc2cnc(SC)nc2)cc1. The number of aromatic hydroxyl groups is 1. The molecule has 2 atom stereocenters. The smallest absolute Gasteiger partial charge is 0.508 e. The number of esters is 1. The maximum Gasteiger partial charge on any atom is 0.510 e. The number of Topliss-reactive ketones (excluding diaryl/α,β-unsaturated/α-hetero) is 3. The first-order chi connectivity index (χ1) is 48.3. The molecule has 27 heteroatoms. The molecule has 0 spiro atoms. The number of pyridine rings is 2. The van der Waals surface area contributed by atoms with Crippen molar-refractivity contribution in [2.75, 3.05) is 137 Å². The molecule has 2 aliphatic rings. The van der Waals surface area contributed by atoms with E-state index in [-0.39, 0.29) is 92.4 Å². The molecule has 0 saturated heterocycles. The Labute approximate surface area is 581 Å². The van der Waals surface area contributed by atoms with E-state index in [2.05, 4.69) is 27.1 Å². The minimum Gasteiger partial charge on any atom is -0.508 e. The summed E-state index contributed by atoms with van der Waals surface area (Å²) in [6, 6.07) is 13.1. The topological polar surface area (TPSA) is 332 Å². The minimum absolute atomic E-state index is 0.0684. The van der Waals surface area contributed by atoms with E-state index in [1.165, 1.54) is 11.8 Å². The number of phenolic OH excluding ortho intramolecular Hbond substituents is 1. The van der Waals surface area contributed by atoms with Crippen molar-refractivity contribution in [3.63, 3.8) is 0 Å². The van der Waals surface area contributed by atoms with Gasteiger partial charge in [-0.1, -0.05) is 56.0 Å². The molecular formula is C72H94N6O20S. The first kappa shape index (κ1) is 78.7. The largest absolute Gasteiger partial charge is 0.510 e. The van der Waals surface area contributed by atoms with Crippen molar-refractivity contribution in [1.82, 2.24) is 19.5 Å². The summed E-state index contributed by atoms with van der Waals surface area (Å²) in [5, 5.41) is 14.6. The van der Waals surface area contributed by atoms with Crippen LogP contribution >= 0.6 is 11.8 Å². The Hall–Kier alpha value is -7.59. The quantitative estimate of drug-likeness (QED) is 0.0107. The average Bonchev–Trinajstić information content (AvgIpc) is 1.65. The van der Waals surface area contributed by atoms with Crippen molar-refractivity contribution in [2.45, 2.75) is 128 Å². The normalized spacial score (nSPS) is 14.0. The highest BCUT2D eigenvalue weighted by atomic mass is 32.2. The van der Waals surface area contributed by atoms with Crippen LogP contribution in [0.2, 0.25) is 0 Å². The summed E-state index contributed by atoms with van der Waals surface area (Å²) in [5.41, 5.74) is 8.82. The fourth-order valence-electron chi connectivity index (χ4n) is 11.0. The number of benzene rings is 2. The summed E-state index contributed by atoms with van der Waals surface area (Å²) >= 11 is 1.48. The van der Waals surface area contributed by atoms with Gasteiger partial charge in [-0.15, -0.1) is 0 Å². The minimum atomic E-state index is -1.99. The third-order valence-corrected chi connectivity index (χ3v) is 16.8. The Kier molecular flexibility index (Phi) is 34.9. The first-order valence-corrected chi connectivity index (χ1v) is 35.1. The molecule has 0 fully saturated rings. The lowest BCUT2D eigenvalue weighted by Gasteiger charge is -2.35. The lowest BCUT2D eigenvalue weighted by Crippen LogP contribution is -2.47. The van der Waals surface area contributed by atoms with Crippen LogP contribution in [0.3, 0.4) is 0 Å². The second-order valence-electron chi connectivity index (χ2n) is 23.4. The number of aromatic nitrogens is 4. The van der Waals surface area contributed by atoms with Gasteiger partial charge in [0.25, 0.3) is 5.56 Å². The number of unbranched alkanes of at least 4 members (excludes halogenated alkanes) is 2. The summed E-state index contributed by atoms with van der Waals surface area (Å²) in [4.78, 5) is 106. The number of nitrogens with zero attached hydrogens (tertiary/aromatic N) is 4. The molecule has 0 unspecified atom stereocenters. The van der Waals surface area contributed by atoms with Crippen LogP contribution in [0.5, 0.6) is 5.75 Å². The van der Waals surface area contributed by atoms with Gasteiger partial charge in [0.2, 0.25) is 11.5 Å². The number of carbonyl (C=O) groups excluding carboxylic acids is 6. The molecular weight excluding hydrogens is 1300 g/mol. The maximum absolute atomic E-state index is 14.1. The second-order valence-corrected chi connectivity index (χ2v) is 24.2. The summed E-state index contributed by atoms with van der Waals surface area (Å²) in [6.45, 7) is 9.88. The van der Waals surface area contributed by atoms with Gasteiger partial charge in [0, 0.05) is 85.8 Å². The lowest BCUT2D eigenvalue weighted by atomic mass is 9.85. The molecule has 3 aromatic heterocycles. The van der Waals surface area contributed by atoms with Crippen molar-refractivity contribution in [1.29, 1.82) is 0 Å². The number of rotatable bonds is 50. The van der Waals surface area contributed by atoms with Crippen molar-refractivity contribution >= 4 is 63.7 Å². The summed E-state index contributed by atoms with van der Waals surface area (Å²) in [5.74, 6) is 3.98. The summed E-state index contributed by atoms with van der Waals surface area (Å²) < 4.78 is 68.2. The molecule has 26 nitrogen and oxygen atoms in total. The first-order valence-electron chi connectivity index (χ1n) is 33.9. The second kappa shape index (κ2) is 43.8. The number of carbonyl (C=O) groups is 6. The molecule has 1 amide bonds. The van der Waals surface area contributed by atoms with Gasteiger partial charge in [-0.3, -0.25) is 24.0 Å². The van der Waals surface area contributed by atoms with Crippen LogP contribution in [-0.4, -0.2) is 192 Å². The van der Waals surface area contributed by atoms with Gasteiger partial charge in [0.15, 0.2) is 16.7 Å². The number of thioether (sulfide) groups is 1. The highest BCUT2D eigenvalue weighted by molar-refractivity contribution is 7.98. The number of nitrogens with two attached hydrogens (primary N) is 1. The number of phenols is 1.